The molecule has 1 heterocycles. The van der Waals surface area contributed by atoms with E-state index >= 15 is 0 Å². The van der Waals surface area contributed by atoms with Gasteiger partial charge in [0.1, 0.15) is 11.6 Å². The fraction of sp³-hybridized carbons (Fsp3) is 0.167. The maximum Gasteiger partial charge on any atom is 0.129 e. The second-order valence-corrected chi connectivity index (χ2v) is 7.96. The third-order valence-electron chi connectivity index (χ3n) is 2.43. The van der Waals surface area contributed by atoms with Gasteiger partial charge in [0.2, 0.25) is 0 Å². The van der Waals surface area contributed by atoms with Gasteiger partial charge in [-0.05, 0) is 61.5 Å². The van der Waals surface area contributed by atoms with Crippen molar-refractivity contribution in [2.75, 3.05) is 0 Å². The molecule has 0 spiro atoms. The Labute approximate surface area is 129 Å². The summed E-state index contributed by atoms with van der Waals surface area (Å²) in [6, 6.07) is 5.43. The Morgan fingerprint density at radius 1 is 1.22 bits per heavy atom. The first kappa shape index (κ1) is 14.4. The lowest BCUT2D eigenvalue weighted by atomic mass is 10.1. The Morgan fingerprint density at radius 3 is 2.50 bits per heavy atom. The molecule has 2 rings (SSSR count). The first-order valence-corrected chi connectivity index (χ1v) is 7.84. The molecule has 0 radical (unpaired) electrons. The van der Waals surface area contributed by atoms with Crippen molar-refractivity contribution < 1.29 is 8.78 Å². The Bertz CT molecular complexity index is 571. The Morgan fingerprint density at radius 2 is 1.94 bits per heavy atom. The van der Waals surface area contributed by atoms with Gasteiger partial charge in [0.25, 0.3) is 0 Å². The first-order chi connectivity index (χ1) is 8.47. The summed E-state index contributed by atoms with van der Waals surface area (Å²) < 4.78 is 28.2. The largest absolute Gasteiger partial charge is 0.207 e. The average Bonchev–Trinajstić information content (AvgIpc) is 2.62. The van der Waals surface area contributed by atoms with Crippen LogP contribution < -0.4 is 0 Å². The normalized spacial score (nSPS) is 12.7. The molecule has 1 aromatic heterocycles. The summed E-state index contributed by atoms with van der Waals surface area (Å²) in [5, 5.41) is -0.359. The van der Waals surface area contributed by atoms with E-state index in [0.29, 0.717) is 12.0 Å². The van der Waals surface area contributed by atoms with E-state index in [1.807, 2.05) is 6.07 Å². The molecule has 0 nitrogen and oxygen atoms in total. The Kier molecular flexibility index (Phi) is 4.80. The van der Waals surface area contributed by atoms with Gasteiger partial charge in [0, 0.05) is 6.07 Å². The van der Waals surface area contributed by atoms with Gasteiger partial charge in [0.05, 0.1) is 12.9 Å². The van der Waals surface area contributed by atoms with Crippen molar-refractivity contribution in [3.05, 3.63) is 54.6 Å². The van der Waals surface area contributed by atoms with E-state index in [1.165, 1.54) is 23.5 Å². The van der Waals surface area contributed by atoms with E-state index in [9.17, 15) is 8.78 Å². The highest BCUT2D eigenvalue weighted by Gasteiger charge is 2.17. The summed E-state index contributed by atoms with van der Waals surface area (Å²) >= 11 is 14.6. The summed E-state index contributed by atoms with van der Waals surface area (Å²) in [7, 11) is 0. The lowest BCUT2D eigenvalue weighted by Crippen LogP contribution is -1.98. The molecule has 0 bridgehead atoms. The number of alkyl halides is 1. The van der Waals surface area contributed by atoms with Crippen molar-refractivity contribution >= 4 is 54.8 Å². The van der Waals surface area contributed by atoms with Crippen LogP contribution in [-0.4, -0.2) is 0 Å². The summed E-state index contributed by atoms with van der Waals surface area (Å²) in [5.41, 5.74) is 1.31. The predicted octanol–water partition coefficient (Wildman–Crippen LogP) is 6.07. The van der Waals surface area contributed by atoms with Gasteiger partial charge < -0.3 is 0 Å². The lowest BCUT2D eigenvalue weighted by molar-refractivity contribution is 0.570. The lowest BCUT2D eigenvalue weighted by Gasteiger charge is -2.09. The highest BCUT2D eigenvalue weighted by Crippen LogP contribution is 2.39. The minimum Gasteiger partial charge on any atom is -0.207 e. The standard InChI is InChI=1S/C12H7Br2ClF2S/c13-11-5-8(12(14)18-11)9(15)3-6-1-2-7(16)4-10(6)17/h1-2,4-5,9H,3H2. The number of halogens is 5. The molecule has 0 amide bonds. The third kappa shape index (κ3) is 3.32. The molecular weight excluding hydrogens is 409 g/mol. The van der Waals surface area contributed by atoms with Gasteiger partial charge in [-0.2, -0.15) is 0 Å². The monoisotopic (exact) mass is 414 g/mol. The number of benzene rings is 1. The van der Waals surface area contributed by atoms with Crippen molar-refractivity contribution in [3.63, 3.8) is 0 Å². The van der Waals surface area contributed by atoms with Crippen LogP contribution >= 0.6 is 54.8 Å². The molecule has 18 heavy (non-hydrogen) atoms. The van der Waals surface area contributed by atoms with Crippen molar-refractivity contribution in [1.29, 1.82) is 0 Å². The molecule has 0 N–H and O–H groups in total. The molecular formula is C12H7Br2ClF2S. The summed E-state index contributed by atoms with van der Waals surface area (Å²) in [5.74, 6) is -1.15. The second kappa shape index (κ2) is 5.99. The highest BCUT2D eigenvalue weighted by molar-refractivity contribution is 9.12. The molecule has 0 aliphatic rings. The van der Waals surface area contributed by atoms with Gasteiger partial charge in [-0.25, -0.2) is 8.78 Å². The molecule has 2 aromatic rings. The molecule has 1 unspecified atom stereocenters. The van der Waals surface area contributed by atoms with Crippen molar-refractivity contribution in [2.45, 2.75) is 11.8 Å². The van der Waals surface area contributed by atoms with E-state index < -0.39 is 11.6 Å². The van der Waals surface area contributed by atoms with Gasteiger partial charge >= 0.3 is 0 Å². The van der Waals surface area contributed by atoms with Crippen LogP contribution in [0.4, 0.5) is 8.78 Å². The topological polar surface area (TPSA) is 0 Å². The number of rotatable bonds is 3. The van der Waals surface area contributed by atoms with Crippen molar-refractivity contribution in [1.82, 2.24) is 0 Å². The van der Waals surface area contributed by atoms with Crippen molar-refractivity contribution in [3.8, 4) is 0 Å². The molecule has 0 fully saturated rings. The minimum atomic E-state index is -0.582. The van der Waals surface area contributed by atoms with Crippen LogP contribution in [-0.2, 0) is 6.42 Å². The number of hydrogen-bond donors (Lipinski definition) is 0. The summed E-state index contributed by atoms with van der Waals surface area (Å²) in [4.78, 5) is 0. The molecule has 6 heteroatoms. The molecule has 0 aliphatic carbocycles. The highest BCUT2D eigenvalue weighted by atomic mass is 79.9. The summed E-state index contributed by atoms with van der Waals surface area (Å²) in [6.45, 7) is 0. The fourth-order valence-corrected chi connectivity index (χ4v) is 5.07. The second-order valence-electron chi connectivity index (χ2n) is 3.69. The van der Waals surface area contributed by atoms with E-state index in [2.05, 4.69) is 31.9 Å². The van der Waals surface area contributed by atoms with E-state index in [4.69, 9.17) is 11.6 Å². The van der Waals surface area contributed by atoms with E-state index in [0.717, 1.165) is 19.2 Å². The number of thiophene rings is 1. The predicted molar refractivity (Wildman–Crippen MR) is 78.4 cm³/mol. The average molecular weight is 417 g/mol. The van der Waals surface area contributed by atoms with Gasteiger partial charge in [-0.15, -0.1) is 22.9 Å². The zero-order valence-corrected chi connectivity index (χ0v) is 13.6. The third-order valence-corrected chi connectivity index (χ3v) is 5.21. The van der Waals surface area contributed by atoms with Crippen LogP contribution in [0.2, 0.25) is 0 Å². The van der Waals surface area contributed by atoms with Gasteiger partial charge in [0.15, 0.2) is 0 Å². The van der Waals surface area contributed by atoms with Crippen LogP contribution in [0.25, 0.3) is 0 Å². The maximum absolute atomic E-state index is 13.5. The maximum atomic E-state index is 13.5. The fourth-order valence-electron chi connectivity index (χ4n) is 1.56. The minimum absolute atomic E-state index is 0.315. The Hall–Kier alpha value is 0.0300. The van der Waals surface area contributed by atoms with Crippen LogP contribution in [0, 0.1) is 11.6 Å². The molecule has 1 atom stereocenters. The molecule has 0 saturated heterocycles. The molecule has 1 aromatic carbocycles. The quantitative estimate of drug-likeness (QED) is 0.533. The van der Waals surface area contributed by atoms with Crippen LogP contribution in [0.15, 0.2) is 31.8 Å². The first-order valence-electron chi connectivity index (χ1n) is 5.00. The van der Waals surface area contributed by atoms with Crippen LogP contribution in [0.5, 0.6) is 0 Å². The molecule has 0 saturated carbocycles. The van der Waals surface area contributed by atoms with Crippen LogP contribution in [0.3, 0.4) is 0 Å². The zero-order valence-electron chi connectivity index (χ0n) is 8.89. The van der Waals surface area contributed by atoms with E-state index in [1.54, 1.807) is 0 Å². The van der Waals surface area contributed by atoms with Crippen LogP contribution in [0.1, 0.15) is 16.5 Å². The molecule has 96 valence electrons. The van der Waals surface area contributed by atoms with Gasteiger partial charge in [-0.1, -0.05) is 6.07 Å². The zero-order chi connectivity index (χ0) is 13.3. The SMILES string of the molecule is Fc1ccc(CC(Cl)c2cc(Br)sc2Br)c(F)c1. The molecule has 0 aliphatic heterocycles. The van der Waals surface area contributed by atoms with Gasteiger partial charge in [-0.3, -0.25) is 0 Å². The smallest absolute Gasteiger partial charge is 0.129 e. The van der Waals surface area contributed by atoms with E-state index in [-0.39, 0.29) is 5.38 Å². The number of hydrogen-bond acceptors (Lipinski definition) is 1. The summed E-state index contributed by atoms with van der Waals surface area (Å²) in [6.07, 6.45) is 0.315. The Balaban J connectivity index is 2.21. The van der Waals surface area contributed by atoms with Crippen molar-refractivity contribution in [2.24, 2.45) is 0 Å².